The maximum Gasteiger partial charge on any atom is 0.305 e. The number of benzene rings is 2. The molecule has 0 aliphatic heterocycles. The second-order valence-electron chi connectivity index (χ2n) is 22.3. The summed E-state index contributed by atoms with van der Waals surface area (Å²) in [6, 6.07) is 2.43. The number of aliphatic hydroxyl groups is 1. The number of carbonyl (C=O) groups excluding carboxylic acids is 10. The van der Waals surface area contributed by atoms with Crippen LogP contribution in [0.4, 0.5) is 0 Å². The zero-order valence-electron chi connectivity index (χ0n) is 50.7. The third-order valence-electron chi connectivity index (χ3n) is 13.7. The minimum atomic E-state index is -1.79. The summed E-state index contributed by atoms with van der Waals surface area (Å²) in [4.78, 5) is 172. The van der Waals surface area contributed by atoms with Crippen LogP contribution >= 0.6 is 0 Å². The molecule has 21 N–H and O–H groups in total. The lowest BCUT2D eigenvalue weighted by molar-refractivity contribution is -0.141. The fourth-order valence-electron chi connectivity index (χ4n) is 8.89. The zero-order valence-corrected chi connectivity index (χ0v) is 50.7. The van der Waals surface area contributed by atoms with Gasteiger partial charge in [0.25, 0.3) is 0 Å². The minimum absolute atomic E-state index is 0.0184. The highest BCUT2D eigenvalue weighted by Crippen LogP contribution is 2.14. The quantitative estimate of drug-likeness (QED) is 0.0149. The predicted octanol–water partition coefficient (Wildman–Crippen LogP) is -3.64. The number of imidazole rings is 1. The molecule has 1 aromatic heterocycles. The van der Waals surface area contributed by atoms with Crippen molar-refractivity contribution in [3.05, 3.63) is 90.0 Å². The molecule has 3 rings (SSSR count). The molecule has 1 heterocycles. The number of carboxylic acids is 2. The Morgan fingerprint density at radius 2 is 0.955 bits per heavy atom. The maximum atomic E-state index is 14.5. The van der Waals surface area contributed by atoms with Crippen LogP contribution in [0.3, 0.4) is 0 Å². The van der Waals surface area contributed by atoms with Crippen molar-refractivity contribution in [3.63, 3.8) is 0 Å². The Kier molecular flexibility index (Phi) is 30.9. The molecule has 0 bridgehead atoms. The first kappa shape index (κ1) is 73.7. The van der Waals surface area contributed by atoms with Crippen LogP contribution in [0.2, 0.25) is 0 Å². The molecule has 31 heteroatoms. The largest absolute Gasteiger partial charge is 0.481 e. The van der Waals surface area contributed by atoms with Gasteiger partial charge >= 0.3 is 11.9 Å². The van der Waals surface area contributed by atoms with Gasteiger partial charge in [-0.15, -0.1) is 0 Å². The van der Waals surface area contributed by atoms with Crippen molar-refractivity contribution < 1.29 is 72.9 Å². The van der Waals surface area contributed by atoms with Gasteiger partial charge in [0.2, 0.25) is 59.1 Å². The Morgan fingerprint density at radius 1 is 0.517 bits per heavy atom. The fourth-order valence-corrected chi connectivity index (χ4v) is 8.89. The summed E-state index contributed by atoms with van der Waals surface area (Å²) in [6.45, 7) is 8.75. The Hall–Kier alpha value is -9.52. The van der Waals surface area contributed by atoms with E-state index in [1.54, 1.807) is 88.4 Å². The number of aromatic amines is 1. The van der Waals surface area contributed by atoms with Crippen molar-refractivity contribution in [2.75, 3.05) is 13.2 Å². The molecule has 0 fully saturated rings. The smallest absolute Gasteiger partial charge is 0.305 e. The number of aromatic nitrogens is 2. The SMILES string of the molecule is CC(C)C[C@H](NC(=O)[C@H](Cc1ccccc1)NC(=O)[C@H](CO)NC(=O)[C@H](Cc1cnc[nH]1)NC(=O)[C@@H](NC(=O)[C@@H](NC(=O)[C@H](CC(=O)O)NC(=O)[C@@H](N)CCC(=O)O)C(C)C)C(C)C)C(=O)N[C@@H](CCCN=C(N)N)C(=O)N[C@@H](Cc1ccccc1)C(N)=O. The van der Waals surface area contributed by atoms with Gasteiger partial charge in [-0.1, -0.05) is 102 Å². The van der Waals surface area contributed by atoms with E-state index in [-0.39, 0.29) is 63.4 Å². The van der Waals surface area contributed by atoms with E-state index in [1.807, 2.05) is 0 Å². The molecule has 0 radical (unpaired) electrons. The molecule has 10 atom stereocenters. The van der Waals surface area contributed by atoms with Crippen LogP contribution in [0.15, 0.2) is 78.2 Å². The average molecular weight is 1250 g/mol. The number of carbonyl (C=O) groups is 12. The van der Waals surface area contributed by atoms with Crippen LogP contribution < -0.4 is 70.8 Å². The van der Waals surface area contributed by atoms with E-state index in [4.69, 9.17) is 28.0 Å². The lowest BCUT2D eigenvalue weighted by atomic mass is 9.98. The number of guanidine groups is 1. The number of nitrogens with one attached hydrogen (secondary N) is 10. The number of carboxylic acid groups (broad SMARTS) is 2. The van der Waals surface area contributed by atoms with E-state index in [9.17, 15) is 67.7 Å². The van der Waals surface area contributed by atoms with Crippen molar-refractivity contribution in [3.8, 4) is 0 Å². The van der Waals surface area contributed by atoms with Crippen molar-refractivity contribution in [1.82, 2.24) is 57.8 Å². The van der Waals surface area contributed by atoms with Gasteiger partial charge in [0, 0.05) is 44.1 Å². The zero-order chi connectivity index (χ0) is 66.5. The van der Waals surface area contributed by atoms with E-state index in [2.05, 4.69) is 62.8 Å². The van der Waals surface area contributed by atoms with E-state index < -0.39 is 163 Å². The number of amides is 10. The first-order chi connectivity index (χ1) is 42.0. The molecule has 0 aliphatic rings. The Balaban J connectivity index is 1.89. The number of aliphatic carboxylic acids is 2. The second kappa shape index (κ2) is 37.2. The average Bonchev–Trinajstić information content (AvgIpc) is 2.67. The van der Waals surface area contributed by atoms with Crippen molar-refractivity contribution in [2.45, 2.75) is 160 Å². The Morgan fingerprint density at radius 3 is 1.45 bits per heavy atom. The number of aliphatic hydroxyl groups excluding tert-OH is 1. The number of nitrogens with zero attached hydrogens (tertiary/aromatic N) is 2. The maximum absolute atomic E-state index is 14.5. The normalized spacial score (nSPS) is 14.5. The molecular formula is C58H86N16O15. The molecule has 0 aliphatic carbocycles. The van der Waals surface area contributed by atoms with E-state index in [1.165, 1.54) is 26.4 Å². The van der Waals surface area contributed by atoms with E-state index in [0.29, 0.717) is 16.8 Å². The molecule has 0 spiro atoms. The number of primary amides is 1. The van der Waals surface area contributed by atoms with Crippen LogP contribution in [0.25, 0.3) is 0 Å². The summed E-state index contributed by atoms with van der Waals surface area (Å²) in [6.07, 6.45) is 0.591. The highest BCUT2D eigenvalue weighted by molar-refractivity contribution is 5.99. The van der Waals surface area contributed by atoms with Crippen LogP contribution in [-0.2, 0) is 76.8 Å². The van der Waals surface area contributed by atoms with Gasteiger partial charge in [-0.2, -0.15) is 0 Å². The molecule has 488 valence electrons. The Bertz CT molecular complexity index is 2890. The van der Waals surface area contributed by atoms with Crippen LogP contribution in [-0.4, -0.2) is 176 Å². The second-order valence-corrected chi connectivity index (χ2v) is 22.3. The van der Waals surface area contributed by atoms with Crippen molar-refractivity contribution in [1.29, 1.82) is 0 Å². The predicted molar refractivity (Wildman–Crippen MR) is 322 cm³/mol. The van der Waals surface area contributed by atoms with Crippen molar-refractivity contribution >= 4 is 77.0 Å². The summed E-state index contributed by atoms with van der Waals surface area (Å²) in [5.74, 6) is -14.1. The molecule has 0 saturated carbocycles. The fraction of sp³-hybridized carbons (Fsp3) is 0.517. The van der Waals surface area contributed by atoms with E-state index >= 15 is 0 Å². The summed E-state index contributed by atoms with van der Waals surface area (Å²) < 4.78 is 0. The number of aliphatic imine (C=N–C) groups is 1. The monoisotopic (exact) mass is 1250 g/mol. The van der Waals surface area contributed by atoms with Gasteiger partial charge in [-0.25, -0.2) is 4.98 Å². The first-order valence-corrected chi connectivity index (χ1v) is 28.9. The molecule has 0 saturated heterocycles. The number of rotatable bonds is 39. The summed E-state index contributed by atoms with van der Waals surface area (Å²) in [5, 5.41) is 51.9. The van der Waals surface area contributed by atoms with Gasteiger partial charge in [0.15, 0.2) is 5.96 Å². The molecule has 89 heavy (non-hydrogen) atoms. The van der Waals surface area contributed by atoms with Gasteiger partial charge in [-0.05, 0) is 54.6 Å². The lowest BCUT2D eigenvalue weighted by Crippen LogP contribution is -2.62. The minimum Gasteiger partial charge on any atom is -0.481 e. The number of hydrogen-bond acceptors (Lipinski definition) is 16. The first-order valence-electron chi connectivity index (χ1n) is 28.9. The van der Waals surface area contributed by atoms with Crippen molar-refractivity contribution in [2.24, 2.45) is 45.7 Å². The van der Waals surface area contributed by atoms with Gasteiger partial charge in [0.1, 0.15) is 54.4 Å². The molecule has 0 unspecified atom stereocenters. The van der Waals surface area contributed by atoms with Gasteiger partial charge in [-0.3, -0.25) is 62.5 Å². The molecule has 2 aromatic carbocycles. The molecular weight excluding hydrogens is 1160 g/mol. The molecule has 10 amide bonds. The summed E-state index contributed by atoms with van der Waals surface area (Å²) in [7, 11) is 0. The lowest BCUT2D eigenvalue weighted by Gasteiger charge is -2.30. The number of H-pyrrole nitrogens is 1. The third kappa shape index (κ3) is 26.6. The topological polar surface area (TPSA) is 519 Å². The summed E-state index contributed by atoms with van der Waals surface area (Å²) >= 11 is 0. The Labute approximate surface area is 514 Å². The van der Waals surface area contributed by atoms with Gasteiger partial charge in [0.05, 0.1) is 25.4 Å². The van der Waals surface area contributed by atoms with Crippen LogP contribution in [0.5, 0.6) is 0 Å². The summed E-state index contributed by atoms with van der Waals surface area (Å²) in [5.41, 5.74) is 24.0. The third-order valence-corrected chi connectivity index (χ3v) is 13.7. The standard InChI is InChI=1S/C58H86N16O15/c1-30(2)22-39(51(83)66-37(18-13-21-64-58(61)62)50(82)67-38(48(60)80)23-33-14-9-7-10-15-33)69-52(84)40(24-34-16-11-8-12-17-34)70-55(87)43(28-75)72-53(85)41(25-35-27-63-29-65-35)71-56(88)46(31(3)4)74-57(89)47(32(5)6)73-54(86)42(26-45(78)79)68-49(81)36(59)19-20-44(76)77/h7-12,14-17,27,29-32,36-43,46-47,75H,13,18-26,28,59H2,1-6H3,(H2,60,80)(H,63,65)(H,66,83)(H,67,82)(H,68,81)(H,69,84)(H,70,87)(H,71,88)(H,72,85)(H,73,86)(H,74,89)(H,76,77)(H,78,79)(H4,61,62,64)/t36-,37-,38-,39-,40-,41-,42-,43-,46-,47-/m0/s1. The highest BCUT2D eigenvalue weighted by Gasteiger charge is 2.37. The molecule has 3 aromatic rings. The number of hydrogen-bond donors (Lipinski definition) is 17. The van der Waals surface area contributed by atoms with Crippen LogP contribution in [0.1, 0.15) is 96.9 Å². The van der Waals surface area contributed by atoms with Crippen LogP contribution in [0, 0.1) is 17.8 Å². The van der Waals surface area contributed by atoms with Gasteiger partial charge < -0.3 is 91.1 Å². The highest BCUT2D eigenvalue weighted by atomic mass is 16.4. The molecule has 31 nitrogen and oxygen atoms in total. The van der Waals surface area contributed by atoms with E-state index in [0.717, 1.165) is 0 Å². The number of nitrogens with two attached hydrogens (primary N) is 4.